The van der Waals surface area contributed by atoms with Crippen LogP contribution >= 0.6 is 0 Å². The number of nitrogens with zero attached hydrogens (tertiary/aromatic N) is 2. The summed E-state index contributed by atoms with van der Waals surface area (Å²) in [7, 11) is 0. The number of amides is 1. The molecular formula is C9H10N2O3. The van der Waals surface area contributed by atoms with Crippen LogP contribution in [0.2, 0.25) is 0 Å². The molecule has 0 atom stereocenters. The van der Waals surface area contributed by atoms with Crippen LogP contribution in [0.5, 0.6) is 0 Å². The highest BCUT2D eigenvalue weighted by Gasteiger charge is 2.26. The predicted octanol–water partition coefficient (Wildman–Crippen LogP) is 0.0185. The Hall–Kier alpha value is -1.65. The van der Waals surface area contributed by atoms with Crippen molar-refractivity contribution in [2.75, 3.05) is 13.1 Å². The van der Waals surface area contributed by atoms with E-state index in [1.54, 1.807) is 11.1 Å². The van der Waals surface area contributed by atoms with Gasteiger partial charge in [0.25, 0.3) is 0 Å². The van der Waals surface area contributed by atoms with Gasteiger partial charge in [0.1, 0.15) is 5.76 Å². The van der Waals surface area contributed by atoms with E-state index in [9.17, 15) is 9.59 Å². The van der Waals surface area contributed by atoms with Crippen molar-refractivity contribution >= 4 is 11.7 Å². The zero-order chi connectivity index (χ0) is 9.97. The number of likely N-dealkylation sites (tertiary alicyclic amines) is 1. The number of oxazole rings is 1. The lowest BCUT2D eigenvalue weighted by atomic mass is 10.3. The van der Waals surface area contributed by atoms with E-state index in [-0.39, 0.29) is 24.7 Å². The van der Waals surface area contributed by atoms with Gasteiger partial charge in [0.15, 0.2) is 12.2 Å². The molecule has 0 spiro atoms. The van der Waals surface area contributed by atoms with Crippen LogP contribution in [0.25, 0.3) is 0 Å². The van der Waals surface area contributed by atoms with Crippen molar-refractivity contribution in [3.63, 3.8) is 0 Å². The lowest BCUT2D eigenvalue weighted by Gasteiger charge is -2.12. The lowest BCUT2D eigenvalue weighted by molar-refractivity contribution is -0.127. The van der Waals surface area contributed by atoms with E-state index in [1.807, 2.05) is 0 Å². The molecule has 0 unspecified atom stereocenters. The predicted molar refractivity (Wildman–Crippen MR) is 46.4 cm³/mol. The summed E-state index contributed by atoms with van der Waals surface area (Å²) in [5.41, 5.74) is 0. The topological polar surface area (TPSA) is 63.4 Å². The summed E-state index contributed by atoms with van der Waals surface area (Å²) >= 11 is 0. The van der Waals surface area contributed by atoms with E-state index < -0.39 is 0 Å². The summed E-state index contributed by atoms with van der Waals surface area (Å²) in [6.07, 6.45) is 3.63. The number of carbonyl (C=O) groups excluding carboxylic acids is 2. The van der Waals surface area contributed by atoms with Crippen molar-refractivity contribution in [2.24, 2.45) is 0 Å². The molecule has 0 N–H and O–H groups in total. The zero-order valence-electron chi connectivity index (χ0n) is 7.60. The first-order valence-corrected chi connectivity index (χ1v) is 4.42. The molecule has 1 amide bonds. The van der Waals surface area contributed by atoms with E-state index >= 15 is 0 Å². The molecule has 1 saturated heterocycles. The van der Waals surface area contributed by atoms with Crippen molar-refractivity contribution in [3.05, 3.63) is 18.4 Å². The van der Waals surface area contributed by atoms with Crippen molar-refractivity contribution in [2.45, 2.75) is 12.8 Å². The molecule has 2 rings (SSSR count). The van der Waals surface area contributed by atoms with Crippen LogP contribution in [0.15, 0.2) is 17.0 Å². The van der Waals surface area contributed by atoms with Gasteiger partial charge in [0.2, 0.25) is 5.91 Å². The highest BCUT2D eigenvalue weighted by Crippen LogP contribution is 2.08. The molecule has 5 heteroatoms. The van der Waals surface area contributed by atoms with Crippen LogP contribution in [0.1, 0.15) is 12.2 Å². The van der Waals surface area contributed by atoms with Gasteiger partial charge in [0.05, 0.1) is 19.2 Å². The third-order valence-electron chi connectivity index (χ3n) is 2.18. The van der Waals surface area contributed by atoms with Crippen LogP contribution < -0.4 is 0 Å². The monoisotopic (exact) mass is 194 g/mol. The summed E-state index contributed by atoms with van der Waals surface area (Å²) in [6, 6.07) is 0. The fourth-order valence-electron chi connectivity index (χ4n) is 1.45. The smallest absolute Gasteiger partial charge is 0.230 e. The Balaban J connectivity index is 1.87. The molecule has 0 bridgehead atoms. The molecule has 2 heterocycles. The average Bonchev–Trinajstić information content (AvgIpc) is 2.72. The zero-order valence-corrected chi connectivity index (χ0v) is 7.60. The van der Waals surface area contributed by atoms with Gasteiger partial charge in [0, 0.05) is 13.0 Å². The average molecular weight is 194 g/mol. The molecule has 74 valence electrons. The van der Waals surface area contributed by atoms with Gasteiger partial charge in [-0.3, -0.25) is 9.59 Å². The number of carbonyl (C=O) groups is 2. The molecule has 14 heavy (non-hydrogen) atoms. The third-order valence-corrected chi connectivity index (χ3v) is 2.18. The van der Waals surface area contributed by atoms with Gasteiger partial charge >= 0.3 is 0 Å². The maximum Gasteiger partial charge on any atom is 0.230 e. The maximum atomic E-state index is 11.2. The van der Waals surface area contributed by atoms with Gasteiger partial charge in [-0.1, -0.05) is 0 Å². The molecule has 1 aliphatic heterocycles. The summed E-state index contributed by atoms with van der Waals surface area (Å²) in [6.45, 7) is 0.771. The first-order chi connectivity index (χ1) is 6.75. The van der Waals surface area contributed by atoms with Gasteiger partial charge in [-0.15, -0.1) is 0 Å². The Morgan fingerprint density at radius 2 is 2.36 bits per heavy atom. The largest absolute Gasteiger partial charge is 0.448 e. The summed E-state index contributed by atoms with van der Waals surface area (Å²) < 4.78 is 5.02. The molecule has 0 aromatic carbocycles. The molecule has 0 saturated carbocycles. The Labute approximate surface area is 80.7 Å². The number of ketones is 1. The minimum absolute atomic E-state index is 0.00688. The fourth-order valence-corrected chi connectivity index (χ4v) is 1.45. The second kappa shape index (κ2) is 3.61. The molecule has 1 aliphatic rings. The standard InChI is InChI=1S/C9H10N2O3/c12-7-3-9(13)11(5-7)2-1-8-4-10-6-14-8/h4,6H,1-3,5H2. The highest BCUT2D eigenvalue weighted by molar-refractivity contribution is 6.05. The maximum absolute atomic E-state index is 11.2. The first-order valence-electron chi connectivity index (χ1n) is 4.42. The molecule has 0 radical (unpaired) electrons. The van der Waals surface area contributed by atoms with E-state index in [0.29, 0.717) is 13.0 Å². The Kier molecular flexibility index (Phi) is 2.30. The lowest BCUT2D eigenvalue weighted by Crippen LogP contribution is -2.27. The van der Waals surface area contributed by atoms with Crippen molar-refractivity contribution in [1.82, 2.24) is 9.88 Å². The van der Waals surface area contributed by atoms with Crippen LogP contribution in [-0.2, 0) is 16.0 Å². The van der Waals surface area contributed by atoms with Gasteiger partial charge in [-0.05, 0) is 0 Å². The SMILES string of the molecule is O=C1CC(=O)N(CCc2cnco2)C1. The number of hydrogen-bond acceptors (Lipinski definition) is 4. The van der Waals surface area contributed by atoms with Crippen molar-refractivity contribution in [3.8, 4) is 0 Å². The minimum atomic E-state index is -0.0884. The number of hydrogen-bond donors (Lipinski definition) is 0. The normalized spacial score (nSPS) is 16.7. The highest BCUT2D eigenvalue weighted by atomic mass is 16.3. The quantitative estimate of drug-likeness (QED) is 0.636. The minimum Gasteiger partial charge on any atom is -0.448 e. The van der Waals surface area contributed by atoms with Crippen LogP contribution in [-0.4, -0.2) is 34.7 Å². The van der Waals surface area contributed by atoms with Crippen molar-refractivity contribution < 1.29 is 14.0 Å². The Bertz CT molecular complexity index is 345. The van der Waals surface area contributed by atoms with E-state index in [0.717, 1.165) is 5.76 Å². The molecular weight excluding hydrogens is 184 g/mol. The van der Waals surface area contributed by atoms with Crippen LogP contribution in [0.4, 0.5) is 0 Å². The number of aromatic nitrogens is 1. The molecule has 5 nitrogen and oxygen atoms in total. The first kappa shape index (κ1) is 8.93. The van der Waals surface area contributed by atoms with Crippen molar-refractivity contribution in [1.29, 1.82) is 0 Å². The van der Waals surface area contributed by atoms with E-state index in [1.165, 1.54) is 6.39 Å². The number of Topliss-reactive ketones (excluding diaryl/α,β-unsaturated/α-hetero) is 1. The Morgan fingerprint density at radius 3 is 2.93 bits per heavy atom. The molecule has 1 aromatic heterocycles. The summed E-state index contributed by atoms with van der Waals surface area (Å²) in [5.74, 6) is 0.638. The van der Waals surface area contributed by atoms with Crippen LogP contribution in [0.3, 0.4) is 0 Å². The molecule has 1 fully saturated rings. The van der Waals surface area contributed by atoms with Gasteiger partial charge < -0.3 is 9.32 Å². The Morgan fingerprint density at radius 1 is 1.50 bits per heavy atom. The molecule has 0 aliphatic carbocycles. The second-order valence-corrected chi connectivity index (χ2v) is 3.25. The van der Waals surface area contributed by atoms with Crippen LogP contribution in [0, 0.1) is 0 Å². The van der Waals surface area contributed by atoms with E-state index in [4.69, 9.17) is 4.42 Å². The second-order valence-electron chi connectivity index (χ2n) is 3.25. The third kappa shape index (κ3) is 1.81. The fraction of sp³-hybridized carbons (Fsp3) is 0.444. The number of rotatable bonds is 3. The molecule has 1 aromatic rings. The van der Waals surface area contributed by atoms with Gasteiger partial charge in [-0.25, -0.2) is 4.98 Å². The van der Waals surface area contributed by atoms with E-state index in [2.05, 4.69) is 4.98 Å². The van der Waals surface area contributed by atoms with Gasteiger partial charge in [-0.2, -0.15) is 0 Å². The summed E-state index contributed by atoms with van der Waals surface area (Å²) in [5, 5.41) is 0. The summed E-state index contributed by atoms with van der Waals surface area (Å²) in [4.78, 5) is 27.4.